The fourth-order valence-electron chi connectivity index (χ4n) is 2.36. The summed E-state index contributed by atoms with van der Waals surface area (Å²) < 4.78 is 1.77. The van der Waals surface area contributed by atoms with Crippen LogP contribution in [0, 0.1) is 11.3 Å². The van der Waals surface area contributed by atoms with Crippen LogP contribution in [-0.4, -0.2) is 21.5 Å². The molecule has 0 radical (unpaired) electrons. The molecule has 2 aromatic rings. The van der Waals surface area contributed by atoms with Crippen molar-refractivity contribution in [3.63, 3.8) is 0 Å². The highest BCUT2D eigenvalue weighted by Crippen LogP contribution is 2.24. The van der Waals surface area contributed by atoms with Gasteiger partial charge in [-0.05, 0) is 24.4 Å². The molecule has 0 bridgehead atoms. The molecule has 1 aliphatic rings. The van der Waals surface area contributed by atoms with Gasteiger partial charge in [-0.25, -0.2) is 0 Å². The largest absolute Gasteiger partial charge is 0.333 e. The summed E-state index contributed by atoms with van der Waals surface area (Å²) in [6, 6.07) is 9.56. The Bertz CT molecular complexity index is 867. The van der Waals surface area contributed by atoms with E-state index in [1.807, 2.05) is 24.3 Å². The third kappa shape index (κ3) is 2.36. The molecule has 108 valence electrons. The standard InChI is InChI=1S/C15H10N4O2S/c16-5-6-19-8-9(10-3-1-2-4-12(10)19)7-11-13(20)17-15(22)18-14(11)21/h1-4,7-8H,6H2,(H2,17,18,20,21,22). The van der Waals surface area contributed by atoms with E-state index in [1.54, 1.807) is 10.8 Å². The SMILES string of the molecule is N#CCn1cc(C=C2C(=O)NC(=S)NC2=O)c2ccccc21. The number of nitriles is 1. The van der Waals surface area contributed by atoms with Crippen LogP contribution in [0.3, 0.4) is 0 Å². The third-order valence-electron chi connectivity index (χ3n) is 3.30. The smallest absolute Gasteiger partial charge is 0.263 e. The summed E-state index contributed by atoms with van der Waals surface area (Å²) in [7, 11) is 0. The van der Waals surface area contributed by atoms with E-state index in [0.29, 0.717) is 5.56 Å². The Morgan fingerprint density at radius 2 is 1.91 bits per heavy atom. The van der Waals surface area contributed by atoms with Crippen molar-refractivity contribution in [3.8, 4) is 6.07 Å². The van der Waals surface area contributed by atoms with Gasteiger partial charge in [0.2, 0.25) is 0 Å². The summed E-state index contributed by atoms with van der Waals surface area (Å²) in [6.07, 6.45) is 3.25. The minimum absolute atomic E-state index is 0.000872. The van der Waals surface area contributed by atoms with Crippen LogP contribution in [0.1, 0.15) is 5.56 Å². The van der Waals surface area contributed by atoms with Crippen LogP contribution in [0.25, 0.3) is 17.0 Å². The quantitative estimate of drug-likeness (QED) is 0.494. The number of benzene rings is 1. The maximum Gasteiger partial charge on any atom is 0.263 e. The van der Waals surface area contributed by atoms with Crippen LogP contribution in [0.15, 0.2) is 36.0 Å². The number of carbonyl (C=O) groups excluding carboxylic acids is 2. The number of fused-ring (bicyclic) bond motifs is 1. The molecule has 2 N–H and O–H groups in total. The maximum atomic E-state index is 11.9. The first-order valence-electron chi connectivity index (χ1n) is 6.43. The van der Waals surface area contributed by atoms with Gasteiger partial charge in [0.25, 0.3) is 11.8 Å². The van der Waals surface area contributed by atoms with Crippen LogP contribution in [0.2, 0.25) is 0 Å². The first-order chi connectivity index (χ1) is 10.6. The number of aromatic nitrogens is 1. The summed E-state index contributed by atoms with van der Waals surface area (Å²) in [6.45, 7) is 0.187. The van der Waals surface area contributed by atoms with Crippen molar-refractivity contribution in [2.24, 2.45) is 0 Å². The number of hydrogen-bond donors (Lipinski definition) is 2. The lowest BCUT2D eigenvalue weighted by Gasteiger charge is -2.16. The Hall–Kier alpha value is -2.98. The van der Waals surface area contributed by atoms with Gasteiger partial charge in [0, 0.05) is 22.7 Å². The van der Waals surface area contributed by atoms with Crippen LogP contribution in [0.4, 0.5) is 0 Å². The number of carbonyl (C=O) groups is 2. The molecule has 2 heterocycles. The van der Waals surface area contributed by atoms with Gasteiger partial charge in [0.15, 0.2) is 5.11 Å². The fraction of sp³-hybridized carbons (Fsp3) is 0.0667. The minimum atomic E-state index is -0.536. The van der Waals surface area contributed by atoms with Crippen molar-refractivity contribution >= 4 is 46.1 Å². The summed E-state index contributed by atoms with van der Waals surface area (Å²) in [4.78, 5) is 23.8. The average Bonchev–Trinajstić information content (AvgIpc) is 2.82. The molecule has 1 aromatic carbocycles. The molecule has 6 nitrogen and oxygen atoms in total. The van der Waals surface area contributed by atoms with E-state index in [2.05, 4.69) is 16.7 Å². The maximum absolute atomic E-state index is 11.9. The number of hydrogen-bond acceptors (Lipinski definition) is 4. The molecular formula is C15H10N4O2S. The summed E-state index contributed by atoms with van der Waals surface area (Å²) in [5.74, 6) is -1.07. The molecule has 0 aliphatic carbocycles. The van der Waals surface area contributed by atoms with E-state index in [-0.39, 0.29) is 17.2 Å². The second-order valence-corrected chi connectivity index (χ2v) is 5.09. The van der Waals surface area contributed by atoms with E-state index < -0.39 is 11.8 Å². The lowest BCUT2D eigenvalue weighted by atomic mass is 10.1. The first kappa shape index (κ1) is 14.0. The van der Waals surface area contributed by atoms with Gasteiger partial charge < -0.3 is 4.57 Å². The van der Waals surface area contributed by atoms with Crippen molar-refractivity contribution in [2.45, 2.75) is 6.54 Å². The van der Waals surface area contributed by atoms with E-state index >= 15 is 0 Å². The lowest BCUT2D eigenvalue weighted by molar-refractivity contribution is -0.123. The normalized spacial score (nSPS) is 14.5. The van der Waals surface area contributed by atoms with Gasteiger partial charge in [-0.2, -0.15) is 5.26 Å². The van der Waals surface area contributed by atoms with Gasteiger partial charge in [-0.3, -0.25) is 20.2 Å². The summed E-state index contributed by atoms with van der Waals surface area (Å²) in [5, 5.41) is 14.5. The Morgan fingerprint density at radius 1 is 1.23 bits per heavy atom. The van der Waals surface area contributed by atoms with E-state index in [9.17, 15) is 9.59 Å². The van der Waals surface area contributed by atoms with Crippen molar-refractivity contribution < 1.29 is 9.59 Å². The number of nitrogens with zero attached hydrogens (tertiary/aromatic N) is 2. The van der Waals surface area contributed by atoms with Crippen LogP contribution in [0.5, 0.6) is 0 Å². The first-order valence-corrected chi connectivity index (χ1v) is 6.84. The molecule has 2 amide bonds. The highest BCUT2D eigenvalue weighted by Gasteiger charge is 2.26. The zero-order valence-corrected chi connectivity index (χ0v) is 12.1. The van der Waals surface area contributed by atoms with E-state index in [4.69, 9.17) is 17.5 Å². The molecule has 1 aliphatic heterocycles. The zero-order valence-electron chi connectivity index (χ0n) is 11.3. The predicted molar refractivity (Wildman–Crippen MR) is 84.4 cm³/mol. The van der Waals surface area contributed by atoms with Crippen LogP contribution < -0.4 is 10.6 Å². The number of nitrogens with one attached hydrogen (secondary N) is 2. The molecule has 22 heavy (non-hydrogen) atoms. The van der Waals surface area contributed by atoms with Crippen molar-refractivity contribution in [3.05, 3.63) is 41.6 Å². The highest BCUT2D eigenvalue weighted by atomic mass is 32.1. The predicted octanol–water partition coefficient (Wildman–Crippen LogP) is 1.08. The topological polar surface area (TPSA) is 86.9 Å². The third-order valence-corrected chi connectivity index (χ3v) is 3.51. The fourth-order valence-corrected chi connectivity index (χ4v) is 2.54. The number of para-hydroxylation sites is 1. The number of rotatable bonds is 2. The average molecular weight is 310 g/mol. The van der Waals surface area contributed by atoms with Gasteiger partial charge in [0.1, 0.15) is 12.1 Å². The highest BCUT2D eigenvalue weighted by molar-refractivity contribution is 7.80. The Labute approximate surface area is 131 Å². The Morgan fingerprint density at radius 3 is 2.59 bits per heavy atom. The van der Waals surface area contributed by atoms with Gasteiger partial charge in [-0.1, -0.05) is 18.2 Å². The number of amides is 2. The van der Waals surface area contributed by atoms with E-state index in [0.717, 1.165) is 10.9 Å². The molecule has 7 heteroatoms. The molecular weight excluding hydrogens is 300 g/mol. The van der Waals surface area contributed by atoms with Crippen LogP contribution in [-0.2, 0) is 16.1 Å². The second kappa shape index (κ2) is 5.42. The Balaban J connectivity index is 2.13. The lowest BCUT2D eigenvalue weighted by Crippen LogP contribution is -2.51. The molecule has 1 aromatic heterocycles. The van der Waals surface area contributed by atoms with Crippen molar-refractivity contribution in [2.75, 3.05) is 0 Å². The monoisotopic (exact) mass is 310 g/mol. The van der Waals surface area contributed by atoms with Gasteiger partial charge in [-0.15, -0.1) is 0 Å². The number of thiocarbonyl (C=S) groups is 1. The minimum Gasteiger partial charge on any atom is -0.333 e. The van der Waals surface area contributed by atoms with Crippen molar-refractivity contribution in [1.29, 1.82) is 5.26 Å². The molecule has 0 atom stereocenters. The zero-order chi connectivity index (χ0) is 15.7. The van der Waals surface area contributed by atoms with Crippen molar-refractivity contribution in [1.82, 2.24) is 15.2 Å². The summed E-state index contributed by atoms with van der Waals surface area (Å²) >= 11 is 4.76. The molecule has 0 saturated carbocycles. The summed E-state index contributed by atoms with van der Waals surface area (Å²) in [5.41, 5.74) is 1.54. The molecule has 0 spiro atoms. The van der Waals surface area contributed by atoms with Gasteiger partial charge >= 0.3 is 0 Å². The second-order valence-electron chi connectivity index (χ2n) is 4.68. The van der Waals surface area contributed by atoms with Crippen LogP contribution >= 0.6 is 12.2 Å². The molecule has 1 fully saturated rings. The Kier molecular flexibility index (Phi) is 3.45. The van der Waals surface area contributed by atoms with E-state index in [1.165, 1.54) is 6.08 Å². The van der Waals surface area contributed by atoms with Gasteiger partial charge in [0.05, 0.1) is 6.07 Å². The molecule has 0 unspecified atom stereocenters. The molecule has 1 saturated heterocycles. The molecule has 3 rings (SSSR count).